The molecule has 150 valence electrons. The Morgan fingerprint density at radius 2 is 1.53 bits per heavy atom. The average Bonchev–Trinajstić information content (AvgIpc) is 2.93. The van der Waals surface area contributed by atoms with Crippen molar-refractivity contribution < 1.29 is 13.6 Å². The number of para-hydroxylation sites is 2. The molecular formula is C25H20F2N2O. The molecule has 5 heteroatoms. The summed E-state index contributed by atoms with van der Waals surface area (Å²) in [6.45, 7) is 0. The van der Waals surface area contributed by atoms with E-state index in [0.29, 0.717) is 12.0 Å². The smallest absolute Gasteiger partial charge is 0.159 e. The van der Waals surface area contributed by atoms with Gasteiger partial charge in [0.05, 0.1) is 23.3 Å². The van der Waals surface area contributed by atoms with Gasteiger partial charge in [-0.15, -0.1) is 0 Å². The lowest BCUT2D eigenvalue weighted by Gasteiger charge is -2.32. The minimum Gasteiger partial charge on any atom is -0.375 e. The lowest BCUT2D eigenvalue weighted by Crippen LogP contribution is -2.33. The largest absolute Gasteiger partial charge is 0.375 e. The number of hydrogen-bond acceptors (Lipinski definition) is 3. The summed E-state index contributed by atoms with van der Waals surface area (Å²) in [7, 11) is 0. The number of carbonyl (C=O) groups excluding carboxylic acids is 1. The molecule has 0 saturated heterocycles. The van der Waals surface area contributed by atoms with Crippen molar-refractivity contribution in [2.24, 2.45) is 5.92 Å². The van der Waals surface area contributed by atoms with E-state index in [1.165, 1.54) is 12.1 Å². The van der Waals surface area contributed by atoms with Crippen LogP contribution in [0.2, 0.25) is 0 Å². The monoisotopic (exact) mass is 402 g/mol. The van der Waals surface area contributed by atoms with Gasteiger partial charge in [0.1, 0.15) is 5.78 Å². The number of carbonyl (C=O) groups is 1. The number of rotatable bonds is 2. The molecule has 5 rings (SSSR count). The summed E-state index contributed by atoms with van der Waals surface area (Å²) in [5.74, 6) is -2.32. The minimum atomic E-state index is -0.921. The van der Waals surface area contributed by atoms with Crippen LogP contribution in [-0.4, -0.2) is 5.78 Å². The molecule has 3 atom stereocenters. The number of anilines is 2. The van der Waals surface area contributed by atoms with Crippen molar-refractivity contribution in [3.63, 3.8) is 0 Å². The highest BCUT2D eigenvalue weighted by Crippen LogP contribution is 2.44. The van der Waals surface area contributed by atoms with Crippen molar-refractivity contribution in [1.82, 2.24) is 0 Å². The van der Waals surface area contributed by atoms with E-state index in [2.05, 4.69) is 16.7 Å². The molecule has 1 heterocycles. The zero-order valence-corrected chi connectivity index (χ0v) is 16.1. The first kappa shape index (κ1) is 18.6. The van der Waals surface area contributed by atoms with Gasteiger partial charge in [-0.1, -0.05) is 54.6 Å². The lowest BCUT2D eigenvalue weighted by molar-refractivity contribution is -0.122. The second-order valence-corrected chi connectivity index (χ2v) is 7.75. The Labute approximate surface area is 173 Å². The minimum absolute atomic E-state index is 0.0340. The van der Waals surface area contributed by atoms with Gasteiger partial charge in [0, 0.05) is 18.0 Å². The van der Waals surface area contributed by atoms with E-state index in [1.54, 1.807) is 0 Å². The first-order valence-corrected chi connectivity index (χ1v) is 9.97. The summed E-state index contributed by atoms with van der Waals surface area (Å²) in [5, 5.41) is 6.82. The Morgan fingerprint density at radius 1 is 0.800 bits per heavy atom. The number of halogens is 2. The first-order chi connectivity index (χ1) is 14.6. The molecule has 1 aliphatic heterocycles. The maximum absolute atomic E-state index is 14.0. The van der Waals surface area contributed by atoms with Gasteiger partial charge in [-0.3, -0.25) is 4.79 Å². The third kappa shape index (κ3) is 3.26. The number of benzene rings is 3. The third-order valence-corrected chi connectivity index (χ3v) is 5.86. The SMILES string of the molecule is O=C1CC(c2ccccc2)C=C2Nc3ccccc3NC(c3ccc(F)c(F)c3)C12. The molecule has 0 aromatic heterocycles. The van der Waals surface area contributed by atoms with E-state index in [4.69, 9.17) is 0 Å². The molecule has 0 bridgehead atoms. The van der Waals surface area contributed by atoms with Crippen molar-refractivity contribution in [1.29, 1.82) is 0 Å². The molecular weight excluding hydrogens is 382 g/mol. The standard InChI is InChI=1S/C25H20F2N2O/c26-18-11-10-16(12-19(18)27)25-24-22(28-20-8-4-5-9-21(20)29-25)13-17(14-23(24)30)15-6-2-1-3-7-15/h1-13,17,24-25,28-29H,14H2. The van der Waals surface area contributed by atoms with Crippen molar-refractivity contribution in [2.75, 3.05) is 10.6 Å². The predicted octanol–water partition coefficient (Wildman–Crippen LogP) is 5.80. The maximum Gasteiger partial charge on any atom is 0.159 e. The molecule has 3 nitrogen and oxygen atoms in total. The van der Waals surface area contributed by atoms with Crippen LogP contribution in [0.5, 0.6) is 0 Å². The van der Waals surface area contributed by atoms with E-state index in [-0.39, 0.29) is 11.7 Å². The molecule has 3 aromatic carbocycles. The first-order valence-electron chi connectivity index (χ1n) is 9.97. The molecule has 0 amide bonds. The van der Waals surface area contributed by atoms with E-state index < -0.39 is 23.6 Å². The fourth-order valence-electron chi connectivity index (χ4n) is 4.40. The summed E-state index contributed by atoms with van der Waals surface area (Å²) in [6, 6.07) is 20.9. The van der Waals surface area contributed by atoms with Crippen LogP contribution in [0.25, 0.3) is 0 Å². The van der Waals surface area contributed by atoms with Crippen LogP contribution in [0.3, 0.4) is 0 Å². The van der Waals surface area contributed by atoms with E-state index in [0.717, 1.165) is 28.7 Å². The summed E-state index contributed by atoms with van der Waals surface area (Å²) in [6.07, 6.45) is 2.45. The number of allylic oxidation sites excluding steroid dienone is 1. The molecule has 0 saturated carbocycles. The van der Waals surface area contributed by atoms with Gasteiger partial charge < -0.3 is 10.6 Å². The fraction of sp³-hybridized carbons (Fsp3) is 0.160. The zero-order valence-electron chi connectivity index (χ0n) is 16.1. The molecule has 0 fully saturated rings. The summed E-state index contributed by atoms with van der Waals surface area (Å²) in [4.78, 5) is 13.4. The maximum atomic E-state index is 14.0. The van der Waals surface area contributed by atoms with Crippen molar-refractivity contribution in [3.8, 4) is 0 Å². The highest BCUT2D eigenvalue weighted by Gasteiger charge is 2.39. The lowest BCUT2D eigenvalue weighted by atomic mass is 9.76. The highest BCUT2D eigenvalue weighted by atomic mass is 19.2. The predicted molar refractivity (Wildman–Crippen MR) is 113 cm³/mol. The molecule has 3 unspecified atom stereocenters. The van der Waals surface area contributed by atoms with Crippen molar-refractivity contribution in [3.05, 3.63) is 107 Å². The van der Waals surface area contributed by atoms with Crippen LogP contribution >= 0.6 is 0 Å². The molecule has 2 N–H and O–H groups in total. The van der Waals surface area contributed by atoms with Gasteiger partial charge in [-0.2, -0.15) is 0 Å². The summed E-state index contributed by atoms with van der Waals surface area (Å²) in [5.41, 5.74) is 4.06. The second kappa shape index (κ2) is 7.41. The van der Waals surface area contributed by atoms with Crippen LogP contribution in [0.15, 0.2) is 84.6 Å². The van der Waals surface area contributed by atoms with Gasteiger partial charge in [0.25, 0.3) is 0 Å². The molecule has 30 heavy (non-hydrogen) atoms. The molecule has 0 radical (unpaired) electrons. The van der Waals surface area contributed by atoms with Gasteiger partial charge in [-0.05, 0) is 35.4 Å². The molecule has 1 aliphatic carbocycles. The van der Waals surface area contributed by atoms with Crippen LogP contribution in [0, 0.1) is 17.6 Å². The summed E-state index contributed by atoms with van der Waals surface area (Å²) >= 11 is 0. The number of nitrogens with one attached hydrogen (secondary N) is 2. The van der Waals surface area contributed by atoms with Crippen LogP contribution in [0.4, 0.5) is 20.2 Å². The zero-order chi connectivity index (χ0) is 20.7. The molecule has 3 aromatic rings. The van der Waals surface area contributed by atoms with Crippen LogP contribution in [0.1, 0.15) is 29.5 Å². The van der Waals surface area contributed by atoms with Crippen molar-refractivity contribution >= 4 is 17.2 Å². The highest BCUT2D eigenvalue weighted by molar-refractivity contribution is 5.90. The van der Waals surface area contributed by atoms with Gasteiger partial charge in [0.2, 0.25) is 0 Å². The van der Waals surface area contributed by atoms with Crippen LogP contribution < -0.4 is 10.6 Å². The van der Waals surface area contributed by atoms with E-state index in [1.807, 2.05) is 54.6 Å². The Kier molecular flexibility index (Phi) is 4.58. The Bertz CT molecular complexity index is 1140. The van der Waals surface area contributed by atoms with Gasteiger partial charge in [-0.25, -0.2) is 8.78 Å². The van der Waals surface area contributed by atoms with Gasteiger partial charge in [0.15, 0.2) is 11.6 Å². The molecule has 0 spiro atoms. The van der Waals surface area contributed by atoms with Crippen LogP contribution in [-0.2, 0) is 4.79 Å². The number of hydrogen-bond donors (Lipinski definition) is 2. The van der Waals surface area contributed by atoms with Crippen molar-refractivity contribution in [2.45, 2.75) is 18.4 Å². The number of ketones is 1. The number of fused-ring (bicyclic) bond motifs is 2. The topological polar surface area (TPSA) is 41.1 Å². The average molecular weight is 402 g/mol. The molecule has 2 aliphatic rings. The normalized spacial score (nSPS) is 22.7. The summed E-state index contributed by atoms with van der Waals surface area (Å²) < 4.78 is 27.6. The fourth-order valence-corrected chi connectivity index (χ4v) is 4.40. The van der Waals surface area contributed by atoms with Gasteiger partial charge >= 0.3 is 0 Å². The Morgan fingerprint density at radius 3 is 2.30 bits per heavy atom. The Hall–Kier alpha value is -3.47. The number of Topliss-reactive ketones (excluding diaryl/α,β-unsaturated/α-hetero) is 1. The Balaban J connectivity index is 1.63. The van der Waals surface area contributed by atoms with E-state index >= 15 is 0 Å². The van der Waals surface area contributed by atoms with E-state index in [9.17, 15) is 13.6 Å². The third-order valence-electron chi connectivity index (χ3n) is 5.86. The quantitative estimate of drug-likeness (QED) is 0.569. The second-order valence-electron chi connectivity index (χ2n) is 7.75.